The summed E-state index contributed by atoms with van der Waals surface area (Å²) in [4.78, 5) is 28.2. The number of anilines is 1. The molecule has 1 saturated heterocycles. The van der Waals surface area contributed by atoms with Crippen molar-refractivity contribution in [2.24, 2.45) is 0 Å². The van der Waals surface area contributed by atoms with E-state index in [-0.39, 0.29) is 16.5 Å². The summed E-state index contributed by atoms with van der Waals surface area (Å²) in [5.41, 5.74) is 1.99. The van der Waals surface area contributed by atoms with Crippen LogP contribution in [0, 0.1) is 0 Å². The molecule has 0 unspecified atom stereocenters. The number of Topliss-reactive ketones (excluding diaryl/α,β-unsaturated/α-hetero) is 1. The second-order valence-electron chi connectivity index (χ2n) is 9.18. The van der Waals surface area contributed by atoms with Crippen molar-refractivity contribution in [2.45, 2.75) is 35.9 Å². The number of rotatable bonds is 10. The van der Waals surface area contributed by atoms with Gasteiger partial charge in [0.25, 0.3) is 5.78 Å². The summed E-state index contributed by atoms with van der Waals surface area (Å²) in [6.45, 7) is 2.68. The molecule has 0 spiro atoms. The second kappa shape index (κ2) is 13.2. The summed E-state index contributed by atoms with van der Waals surface area (Å²) < 4.78 is 7.18. The highest BCUT2D eigenvalue weighted by Crippen LogP contribution is 2.44. The summed E-state index contributed by atoms with van der Waals surface area (Å²) in [5, 5.41) is 20.8. The number of carbonyl (C=O) groups is 2. The first-order valence-corrected chi connectivity index (χ1v) is 15.8. The number of carbonyl (C=O) groups excluding carboxylic acids is 2. The van der Waals surface area contributed by atoms with Gasteiger partial charge in [-0.25, -0.2) is 0 Å². The molecule has 41 heavy (non-hydrogen) atoms. The third-order valence-corrected chi connectivity index (χ3v) is 9.44. The lowest BCUT2D eigenvalue weighted by atomic mass is 9.95. The van der Waals surface area contributed by atoms with Crippen molar-refractivity contribution in [3.63, 3.8) is 0 Å². The molecule has 5 rings (SSSR count). The Bertz CT molecular complexity index is 1590. The van der Waals surface area contributed by atoms with Gasteiger partial charge in [-0.2, -0.15) is 0 Å². The number of benzene rings is 3. The largest absolute Gasteiger partial charge is 0.507 e. The molecule has 0 radical (unpaired) electrons. The molecule has 7 nitrogen and oxygen atoms in total. The zero-order valence-electron chi connectivity index (χ0n) is 21.9. The number of hydrogen-bond acceptors (Lipinski definition) is 8. The van der Waals surface area contributed by atoms with Crippen LogP contribution in [0.1, 0.15) is 42.5 Å². The summed E-state index contributed by atoms with van der Waals surface area (Å²) in [7, 11) is 0. The Labute approximate surface area is 259 Å². The maximum absolute atomic E-state index is 13.5. The minimum Gasteiger partial charge on any atom is -0.507 e. The smallest absolute Gasteiger partial charge is 0.301 e. The Morgan fingerprint density at radius 1 is 1.07 bits per heavy atom. The van der Waals surface area contributed by atoms with Gasteiger partial charge in [0, 0.05) is 20.8 Å². The van der Waals surface area contributed by atoms with Crippen LogP contribution in [0.5, 0.6) is 5.75 Å². The molecule has 1 atom stereocenters. The number of ketones is 1. The fraction of sp³-hybridized carbons (Fsp3) is 0.200. The molecule has 0 aliphatic carbocycles. The van der Waals surface area contributed by atoms with Crippen molar-refractivity contribution >= 4 is 73.2 Å². The van der Waals surface area contributed by atoms with E-state index in [4.69, 9.17) is 16.3 Å². The van der Waals surface area contributed by atoms with E-state index in [2.05, 4.69) is 33.1 Å². The SMILES string of the molecule is CCCCOc1ccc(C(O)=C2C(=O)C(=O)N(c3nnc(SCc4ccccc4Cl)s3)[C@H]2c2ccc(Br)cc2)cc1. The number of aromatic nitrogens is 2. The number of halogens is 2. The molecule has 1 fully saturated rings. The van der Waals surface area contributed by atoms with Crippen molar-refractivity contribution in [1.29, 1.82) is 0 Å². The highest BCUT2D eigenvalue weighted by atomic mass is 79.9. The van der Waals surface area contributed by atoms with Crippen molar-refractivity contribution < 1.29 is 19.4 Å². The number of aliphatic hydroxyl groups excluding tert-OH is 1. The Morgan fingerprint density at radius 2 is 1.80 bits per heavy atom. The zero-order chi connectivity index (χ0) is 28.9. The Kier molecular flexibility index (Phi) is 9.44. The third kappa shape index (κ3) is 6.51. The van der Waals surface area contributed by atoms with E-state index in [1.54, 1.807) is 36.4 Å². The number of ether oxygens (including phenoxy) is 1. The van der Waals surface area contributed by atoms with Gasteiger partial charge in [-0.1, -0.05) is 94.3 Å². The van der Waals surface area contributed by atoms with E-state index < -0.39 is 17.7 Å². The van der Waals surface area contributed by atoms with Crippen molar-refractivity contribution in [3.8, 4) is 5.75 Å². The maximum Gasteiger partial charge on any atom is 0.301 e. The molecule has 1 N–H and O–H groups in total. The van der Waals surface area contributed by atoms with Gasteiger partial charge in [0.05, 0.1) is 18.2 Å². The van der Waals surface area contributed by atoms with E-state index in [0.717, 1.165) is 22.9 Å². The standard InChI is InChI=1S/C30H25BrClN3O4S2/c1-2-3-16-39-22-14-10-19(11-15-22)26(36)24-25(18-8-12-21(31)13-9-18)35(28(38)27(24)37)29-33-34-30(41-29)40-17-20-6-4-5-7-23(20)32/h4-15,25,36H,2-3,16-17H2,1H3/t25-/m0/s1. The predicted molar refractivity (Wildman–Crippen MR) is 167 cm³/mol. The number of nitrogens with zero attached hydrogens (tertiary/aromatic N) is 3. The van der Waals surface area contributed by atoms with E-state index >= 15 is 0 Å². The number of thioether (sulfide) groups is 1. The highest BCUT2D eigenvalue weighted by molar-refractivity contribution is 9.10. The van der Waals surface area contributed by atoms with Gasteiger partial charge in [0.2, 0.25) is 5.13 Å². The van der Waals surface area contributed by atoms with Crippen LogP contribution < -0.4 is 9.64 Å². The van der Waals surface area contributed by atoms with E-state index in [1.807, 2.05) is 36.4 Å². The van der Waals surface area contributed by atoms with Gasteiger partial charge in [0.15, 0.2) is 4.34 Å². The Balaban J connectivity index is 1.49. The van der Waals surface area contributed by atoms with Gasteiger partial charge in [-0.15, -0.1) is 10.2 Å². The lowest BCUT2D eigenvalue weighted by Gasteiger charge is -2.22. The number of amides is 1. The lowest BCUT2D eigenvalue weighted by Crippen LogP contribution is -2.29. The second-order valence-corrected chi connectivity index (χ2v) is 12.7. The van der Waals surface area contributed by atoms with Gasteiger partial charge < -0.3 is 9.84 Å². The van der Waals surface area contributed by atoms with Crippen LogP contribution >= 0.6 is 50.6 Å². The third-order valence-electron chi connectivity index (χ3n) is 6.44. The molecule has 1 aliphatic heterocycles. The zero-order valence-corrected chi connectivity index (χ0v) is 25.9. The normalized spacial score (nSPS) is 16.4. The molecule has 2 heterocycles. The van der Waals surface area contributed by atoms with Crippen molar-refractivity contribution in [2.75, 3.05) is 11.5 Å². The topological polar surface area (TPSA) is 92.6 Å². The molecule has 1 amide bonds. The number of hydrogen-bond donors (Lipinski definition) is 1. The fourth-order valence-corrected chi connectivity index (χ4v) is 6.72. The van der Waals surface area contributed by atoms with E-state index in [0.29, 0.717) is 38.6 Å². The number of unbranched alkanes of at least 4 members (excludes halogenated alkanes) is 1. The molecule has 210 valence electrons. The molecule has 0 bridgehead atoms. The Hall–Kier alpha value is -3.18. The van der Waals surface area contributed by atoms with Crippen LogP contribution in [0.4, 0.5) is 5.13 Å². The summed E-state index contributed by atoms with van der Waals surface area (Å²) in [6.07, 6.45) is 1.95. The van der Waals surface area contributed by atoms with Crippen LogP contribution in [0.25, 0.3) is 5.76 Å². The van der Waals surface area contributed by atoms with Crippen molar-refractivity contribution in [3.05, 3.63) is 105 Å². The first kappa shape index (κ1) is 29.3. The van der Waals surface area contributed by atoms with Gasteiger partial charge in [0.1, 0.15) is 11.5 Å². The minimum absolute atomic E-state index is 0.0163. The Morgan fingerprint density at radius 3 is 2.51 bits per heavy atom. The fourth-order valence-electron chi connectivity index (χ4n) is 4.30. The monoisotopic (exact) mass is 669 g/mol. The molecular weight excluding hydrogens is 646 g/mol. The molecule has 11 heteroatoms. The van der Waals surface area contributed by atoms with E-state index in [1.165, 1.54) is 28.0 Å². The first-order valence-electron chi connectivity index (χ1n) is 12.9. The van der Waals surface area contributed by atoms with Crippen LogP contribution in [0.15, 0.2) is 87.2 Å². The quantitative estimate of drug-likeness (QED) is 0.0456. The summed E-state index contributed by atoms with van der Waals surface area (Å²) >= 11 is 12.4. The predicted octanol–water partition coefficient (Wildman–Crippen LogP) is 8.05. The van der Waals surface area contributed by atoms with Crippen molar-refractivity contribution in [1.82, 2.24) is 10.2 Å². The minimum atomic E-state index is -0.891. The lowest BCUT2D eigenvalue weighted by molar-refractivity contribution is -0.132. The van der Waals surface area contributed by atoms with Crippen LogP contribution in [0.2, 0.25) is 5.02 Å². The molecule has 1 aliphatic rings. The molecular formula is C30H25BrClN3O4S2. The van der Waals surface area contributed by atoms with Gasteiger partial charge >= 0.3 is 5.91 Å². The summed E-state index contributed by atoms with van der Waals surface area (Å²) in [6, 6.07) is 20.7. The van der Waals surface area contributed by atoms with Crippen LogP contribution in [-0.4, -0.2) is 33.6 Å². The van der Waals surface area contributed by atoms with Gasteiger partial charge in [-0.3, -0.25) is 14.5 Å². The van der Waals surface area contributed by atoms with Crippen LogP contribution in [0.3, 0.4) is 0 Å². The van der Waals surface area contributed by atoms with Gasteiger partial charge in [-0.05, 0) is 60.0 Å². The molecule has 3 aromatic carbocycles. The maximum atomic E-state index is 13.5. The number of aliphatic hydroxyl groups is 1. The summed E-state index contributed by atoms with van der Waals surface area (Å²) in [5.74, 6) is -0.606. The van der Waals surface area contributed by atoms with Crippen LogP contribution in [-0.2, 0) is 15.3 Å². The van der Waals surface area contributed by atoms with E-state index in [9.17, 15) is 14.7 Å². The average Bonchev–Trinajstić information content (AvgIpc) is 3.55. The first-order chi connectivity index (χ1) is 19.9. The highest BCUT2D eigenvalue weighted by Gasteiger charge is 2.48. The molecule has 1 aromatic heterocycles. The molecule has 4 aromatic rings. The molecule has 0 saturated carbocycles. The average molecular weight is 671 g/mol.